The van der Waals surface area contributed by atoms with Crippen LogP contribution in [0.1, 0.15) is 0 Å². The van der Waals surface area contributed by atoms with Gasteiger partial charge in [-0.15, -0.1) is 0 Å². The molecule has 9 heteroatoms. The van der Waals surface area contributed by atoms with Gasteiger partial charge in [-0.05, 0) is 24.3 Å². The van der Waals surface area contributed by atoms with E-state index in [4.69, 9.17) is 32.5 Å². The Hall–Kier alpha value is -2.97. The van der Waals surface area contributed by atoms with Crippen LogP contribution in [0.25, 0.3) is 0 Å². The number of ether oxygens (including phenoxy) is 2. The lowest BCUT2D eigenvalue weighted by Crippen LogP contribution is -2.01. The molecule has 0 fully saturated rings. The van der Waals surface area contributed by atoms with Crippen LogP contribution in [0.2, 0.25) is 5.02 Å². The van der Waals surface area contributed by atoms with Crippen molar-refractivity contribution in [1.29, 1.82) is 0 Å². The van der Waals surface area contributed by atoms with Crippen molar-refractivity contribution in [3.05, 3.63) is 59.8 Å². The minimum atomic E-state index is -3.40. The minimum absolute atomic E-state index is 0.0563. The van der Waals surface area contributed by atoms with E-state index < -0.39 is 9.84 Å². The number of nitrogens with two attached hydrogens (primary N) is 2. The van der Waals surface area contributed by atoms with Gasteiger partial charge in [-0.1, -0.05) is 23.7 Å². The molecule has 3 aromatic rings. The highest BCUT2D eigenvalue weighted by Crippen LogP contribution is 2.40. The van der Waals surface area contributed by atoms with Crippen molar-refractivity contribution in [2.75, 3.05) is 17.7 Å². The molecule has 0 aliphatic rings. The van der Waals surface area contributed by atoms with Gasteiger partial charge < -0.3 is 20.9 Å². The molecule has 0 radical (unpaired) electrons. The van der Waals surface area contributed by atoms with E-state index in [0.29, 0.717) is 33.6 Å². The monoisotopic (exact) mass is 405 g/mol. The summed E-state index contributed by atoms with van der Waals surface area (Å²) in [4.78, 5) is 3.88. The fraction of sp³-hybridized carbons (Fsp3) is 0.0556. The van der Waals surface area contributed by atoms with E-state index in [9.17, 15) is 8.42 Å². The highest BCUT2D eigenvalue weighted by molar-refractivity contribution is 7.90. The van der Waals surface area contributed by atoms with Crippen LogP contribution in [0.15, 0.2) is 59.8 Å². The Bertz CT molecular complexity index is 1090. The molecule has 0 bridgehead atoms. The molecule has 7 nitrogen and oxygen atoms in total. The largest absolute Gasteiger partial charge is 0.452 e. The van der Waals surface area contributed by atoms with E-state index in [1.54, 1.807) is 24.3 Å². The van der Waals surface area contributed by atoms with E-state index in [1.165, 1.54) is 30.5 Å². The maximum absolute atomic E-state index is 11.5. The average Bonchev–Trinajstić information content (AvgIpc) is 2.61. The molecule has 4 N–H and O–H groups in total. The number of hydrogen-bond acceptors (Lipinski definition) is 7. The molecule has 140 valence electrons. The molecule has 0 atom stereocenters. The van der Waals surface area contributed by atoms with Crippen molar-refractivity contribution in [3.63, 3.8) is 0 Å². The molecule has 0 spiro atoms. The Labute approximate surface area is 161 Å². The van der Waals surface area contributed by atoms with E-state index in [1.807, 2.05) is 0 Å². The lowest BCUT2D eigenvalue weighted by molar-refractivity contribution is 0.418. The Morgan fingerprint density at radius 1 is 0.926 bits per heavy atom. The zero-order valence-electron chi connectivity index (χ0n) is 14.2. The molecular weight excluding hydrogens is 390 g/mol. The highest BCUT2D eigenvalue weighted by Gasteiger charge is 2.14. The molecule has 3 rings (SSSR count). The predicted molar refractivity (Wildman–Crippen MR) is 104 cm³/mol. The van der Waals surface area contributed by atoms with Crippen LogP contribution in [-0.4, -0.2) is 19.7 Å². The number of benzene rings is 2. The minimum Gasteiger partial charge on any atom is -0.452 e. The molecule has 0 aliphatic heterocycles. The van der Waals surface area contributed by atoms with Crippen molar-refractivity contribution in [2.24, 2.45) is 0 Å². The summed E-state index contributed by atoms with van der Waals surface area (Å²) in [6, 6.07) is 12.8. The summed E-state index contributed by atoms with van der Waals surface area (Å²) in [5.41, 5.74) is 12.4. The number of para-hydroxylation sites is 1. The van der Waals surface area contributed by atoms with Crippen molar-refractivity contribution >= 4 is 32.8 Å². The Morgan fingerprint density at radius 2 is 1.56 bits per heavy atom. The first-order valence-corrected chi connectivity index (χ1v) is 9.96. The summed E-state index contributed by atoms with van der Waals surface area (Å²) in [6.07, 6.45) is 2.37. The van der Waals surface area contributed by atoms with Crippen molar-refractivity contribution in [2.45, 2.75) is 5.03 Å². The zero-order valence-corrected chi connectivity index (χ0v) is 15.8. The van der Waals surface area contributed by atoms with Crippen LogP contribution in [0.4, 0.5) is 11.4 Å². The van der Waals surface area contributed by atoms with Gasteiger partial charge in [0.25, 0.3) is 0 Å². The van der Waals surface area contributed by atoms with Gasteiger partial charge in [0.1, 0.15) is 11.5 Å². The summed E-state index contributed by atoms with van der Waals surface area (Å²) in [6.45, 7) is 0. The third-order valence-corrected chi connectivity index (χ3v) is 4.84. The zero-order chi connectivity index (χ0) is 19.6. The number of hydrogen-bond donors (Lipinski definition) is 2. The van der Waals surface area contributed by atoms with Gasteiger partial charge in [-0.25, -0.2) is 13.4 Å². The van der Waals surface area contributed by atoms with Gasteiger partial charge in [0.15, 0.2) is 26.4 Å². The first-order valence-electron chi connectivity index (χ1n) is 7.69. The quantitative estimate of drug-likeness (QED) is 0.618. The first-order chi connectivity index (χ1) is 12.7. The number of nitrogen functional groups attached to an aromatic ring is 2. The molecule has 0 aliphatic carbocycles. The second-order valence-electron chi connectivity index (χ2n) is 5.67. The Balaban J connectivity index is 1.95. The number of rotatable bonds is 5. The van der Waals surface area contributed by atoms with Gasteiger partial charge >= 0.3 is 0 Å². The fourth-order valence-corrected chi connectivity index (χ4v) is 2.90. The predicted octanol–water partition coefficient (Wildman–Crippen LogP) is 3.89. The van der Waals surface area contributed by atoms with E-state index in [2.05, 4.69) is 4.98 Å². The smallest absolute Gasteiger partial charge is 0.192 e. The normalized spacial score (nSPS) is 11.2. The fourth-order valence-electron chi connectivity index (χ4n) is 2.17. The lowest BCUT2D eigenvalue weighted by Gasteiger charge is -2.15. The second-order valence-corrected chi connectivity index (χ2v) is 8.04. The summed E-state index contributed by atoms with van der Waals surface area (Å²) in [5.74, 6) is 1.28. The number of nitrogens with zero attached hydrogens (tertiary/aromatic N) is 1. The SMILES string of the molecule is CS(=O)(=O)c1ccc(Oc2cc(N)c(N)cc2Oc2ccccc2Cl)cn1. The van der Waals surface area contributed by atoms with Crippen molar-refractivity contribution in [1.82, 2.24) is 4.98 Å². The summed E-state index contributed by atoms with van der Waals surface area (Å²) >= 11 is 6.13. The average molecular weight is 406 g/mol. The molecule has 0 saturated heterocycles. The standard InChI is InChI=1S/C18H16ClN3O4S/c1-27(23,24)18-7-6-11(10-22-18)25-16-8-13(20)14(21)9-17(16)26-15-5-3-2-4-12(15)19/h2-10H,20-21H2,1H3. The van der Waals surface area contributed by atoms with Crippen LogP contribution < -0.4 is 20.9 Å². The topological polar surface area (TPSA) is 118 Å². The molecule has 0 amide bonds. The van der Waals surface area contributed by atoms with Gasteiger partial charge in [0.05, 0.1) is 22.6 Å². The van der Waals surface area contributed by atoms with Crippen molar-refractivity contribution in [3.8, 4) is 23.0 Å². The van der Waals surface area contributed by atoms with Gasteiger partial charge in [0.2, 0.25) is 0 Å². The maximum Gasteiger partial charge on any atom is 0.192 e. The van der Waals surface area contributed by atoms with E-state index >= 15 is 0 Å². The highest BCUT2D eigenvalue weighted by atomic mass is 35.5. The Kier molecular flexibility index (Phi) is 5.11. The number of sulfone groups is 1. The third kappa shape index (κ3) is 4.42. The number of halogens is 1. The summed E-state index contributed by atoms with van der Waals surface area (Å²) in [7, 11) is -3.40. The summed E-state index contributed by atoms with van der Waals surface area (Å²) in [5, 5.41) is 0.359. The van der Waals surface area contributed by atoms with Crippen LogP contribution in [-0.2, 0) is 9.84 Å². The number of pyridine rings is 1. The third-order valence-electron chi connectivity index (χ3n) is 3.52. The molecule has 0 saturated carbocycles. The van der Waals surface area contributed by atoms with Gasteiger partial charge in [-0.3, -0.25) is 0 Å². The second kappa shape index (κ2) is 7.34. The van der Waals surface area contributed by atoms with Crippen LogP contribution in [0.5, 0.6) is 23.0 Å². The Morgan fingerprint density at radius 3 is 2.11 bits per heavy atom. The lowest BCUT2D eigenvalue weighted by atomic mass is 10.2. The van der Waals surface area contributed by atoms with E-state index in [0.717, 1.165) is 6.26 Å². The molecule has 27 heavy (non-hydrogen) atoms. The van der Waals surface area contributed by atoms with Crippen LogP contribution >= 0.6 is 11.6 Å². The van der Waals surface area contributed by atoms with Gasteiger partial charge in [0, 0.05) is 18.4 Å². The van der Waals surface area contributed by atoms with Crippen LogP contribution in [0.3, 0.4) is 0 Å². The van der Waals surface area contributed by atoms with Crippen LogP contribution in [0, 0.1) is 0 Å². The molecule has 0 unspecified atom stereocenters. The first kappa shape index (κ1) is 18.8. The van der Waals surface area contributed by atoms with Crippen molar-refractivity contribution < 1.29 is 17.9 Å². The number of anilines is 2. The molecular formula is C18H16ClN3O4S. The summed E-state index contributed by atoms with van der Waals surface area (Å²) < 4.78 is 34.6. The molecule has 2 aromatic carbocycles. The van der Waals surface area contributed by atoms with Gasteiger partial charge in [-0.2, -0.15) is 0 Å². The van der Waals surface area contributed by atoms with E-state index in [-0.39, 0.29) is 10.8 Å². The molecule has 1 aromatic heterocycles. The number of aromatic nitrogens is 1. The molecule has 1 heterocycles. The maximum atomic E-state index is 11.5.